The maximum absolute atomic E-state index is 2.35. The molecule has 1 radical (unpaired) electrons. The minimum absolute atomic E-state index is 1.11. The van der Waals surface area contributed by atoms with Crippen LogP contribution in [0.1, 0.15) is 23.6 Å². The average Bonchev–Trinajstić information content (AvgIpc) is 2.36. The Morgan fingerprint density at radius 3 is 2.67 bits per heavy atom. The summed E-state index contributed by atoms with van der Waals surface area (Å²) in [6, 6.07) is 11.2. The first-order valence-electron chi connectivity index (χ1n) is 6.44. The van der Waals surface area contributed by atoms with E-state index in [0.29, 0.717) is 0 Å². The van der Waals surface area contributed by atoms with Gasteiger partial charge in [-0.15, -0.1) is 0 Å². The van der Waals surface area contributed by atoms with Crippen molar-refractivity contribution >= 4 is 30.0 Å². The van der Waals surface area contributed by atoms with Crippen LogP contribution in [-0.2, 0) is 6.42 Å². The van der Waals surface area contributed by atoms with E-state index in [-0.39, 0.29) is 0 Å². The van der Waals surface area contributed by atoms with Crippen molar-refractivity contribution in [3.63, 3.8) is 0 Å². The van der Waals surface area contributed by atoms with Crippen LogP contribution in [0.4, 0.5) is 0 Å². The second-order valence-corrected chi connectivity index (χ2v) is 5.99. The van der Waals surface area contributed by atoms with Crippen molar-refractivity contribution in [2.45, 2.75) is 37.0 Å². The average molecular weight is 251 g/mol. The predicted molar refractivity (Wildman–Crippen MR) is 80.9 cm³/mol. The van der Waals surface area contributed by atoms with Gasteiger partial charge in [-0.1, -0.05) is 53.4 Å². The second kappa shape index (κ2) is 4.51. The monoisotopic (exact) mass is 251 g/mol. The van der Waals surface area contributed by atoms with Gasteiger partial charge < -0.3 is 0 Å². The molecule has 89 valence electrons. The third kappa shape index (κ3) is 1.89. The summed E-state index contributed by atoms with van der Waals surface area (Å²) in [6.45, 7) is 6.63. The fourth-order valence-corrected chi connectivity index (χ4v) is 3.71. The lowest BCUT2D eigenvalue weighted by Gasteiger charge is -2.21. The zero-order chi connectivity index (χ0) is 12.7. The van der Waals surface area contributed by atoms with Crippen LogP contribution in [-0.4, -0.2) is 7.28 Å². The first-order chi connectivity index (χ1) is 8.69. The molecule has 0 unspecified atom stereocenters. The van der Waals surface area contributed by atoms with Gasteiger partial charge in [0, 0.05) is 9.79 Å². The van der Waals surface area contributed by atoms with Crippen molar-refractivity contribution in [2.24, 2.45) is 0 Å². The van der Waals surface area contributed by atoms with Crippen molar-refractivity contribution in [2.75, 3.05) is 0 Å². The van der Waals surface area contributed by atoms with Gasteiger partial charge in [0.2, 0.25) is 0 Å². The first-order valence-corrected chi connectivity index (χ1v) is 7.26. The van der Waals surface area contributed by atoms with Gasteiger partial charge in [-0.2, -0.15) is 0 Å². The lowest BCUT2D eigenvalue weighted by molar-refractivity contribution is 1.10. The Morgan fingerprint density at radius 2 is 1.89 bits per heavy atom. The third-order valence-electron chi connectivity index (χ3n) is 3.65. The Labute approximate surface area is 114 Å². The Balaban J connectivity index is 2.11. The van der Waals surface area contributed by atoms with Crippen molar-refractivity contribution in [1.82, 2.24) is 0 Å². The van der Waals surface area contributed by atoms with Crippen molar-refractivity contribution in [3.8, 4) is 0 Å². The van der Waals surface area contributed by atoms with Crippen molar-refractivity contribution < 1.29 is 0 Å². The summed E-state index contributed by atoms with van der Waals surface area (Å²) in [7, 11) is 2.34. The van der Waals surface area contributed by atoms with E-state index < -0.39 is 0 Å². The van der Waals surface area contributed by atoms with E-state index in [4.69, 9.17) is 0 Å². The lowest BCUT2D eigenvalue weighted by atomic mass is 9.61. The molecule has 2 heteroatoms. The fraction of sp³-hybridized carbons (Fsp3) is 0.250. The molecule has 1 aliphatic rings. The molecular weight excluding hydrogens is 235 g/mol. The van der Waals surface area contributed by atoms with Crippen molar-refractivity contribution in [1.29, 1.82) is 0 Å². The number of rotatable bonds is 1. The molecule has 0 N–H and O–H groups in total. The Kier molecular flexibility index (Phi) is 2.99. The highest BCUT2D eigenvalue weighted by atomic mass is 32.2. The van der Waals surface area contributed by atoms with E-state index in [1.165, 1.54) is 37.4 Å². The quantitative estimate of drug-likeness (QED) is 0.599. The summed E-state index contributed by atoms with van der Waals surface area (Å²) in [6.07, 6.45) is 1.11. The number of benzene rings is 2. The summed E-state index contributed by atoms with van der Waals surface area (Å²) in [5, 5.41) is 0. The van der Waals surface area contributed by atoms with Crippen LogP contribution < -0.4 is 10.9 Å². The highest BCUT2D eigenvalue weighted by molar-refractivity contribution is 8.00. The number of fused-ring (bicyclic) bond motifs is 2. The maximum Gasteiger partial charge on any atom is 0.194 e. The van der Waals surface area contributed by atoms with Crippen LogP contribution >= 0.6 is 11.8 Å². The van der Waals surface area contributed by atoms with Crippen LogP contribution in [0.25, 0.3) is 0 Å². The Bertz CT molecular complexity index is 617. The summed E-state index contributed by atoms with van der Waals surface area (Å²) >= 11 is 1.90. The molecule has 0 spiro atoms. The molecule has 2 aromatic carbocycles. The molecule has 1 heterocycles. The maximum atomic E-state index is 2.35. The zero-order valence-corrected chi connectivity index (χ0v) is 11.9. The van der Waals surface area contributed by atoms with Gasteiger partial charge in [0.15, 0.2) is 7.28 Å². The molecule has 0 nitrogen and oxygen atoms in total. The molecule has 1 aliphatic heterocycles. The summed E-state index contributed by atoms with van der Waals surface area (Å²) in [5.74, 6) is 0. The number of aryl methyl sites for hydroxylation is 3. The topological polar surface area (TPSA) is 0 Å². The molecule has 18 heavy (non-hydrogen) atoms. The van der Waals surface area contributed by atoms with E-state index in [1.54, 1.807) is 0 Å². The molecule has 0 bridgehead atoms. The Morgan fingerprint density at radius 1 is 1.06 bits per heavy atom. The standard InChI is InChI=1S/C16H16BS/c1-4-12-9-13-15(8-11(12)3)18-14-7-5-6-10(2)16(14)17-13/h5-9H,4H2,1-3H3. The Hall–Kier alpha value is -1.15. The van der Waals surface area contributed by atoms with Gasteiger partial charge in [0.25, 0.3) is 0 Å². The highest BCUT2D eigenvalue weighted by Crippen LogP contribution is 2.30. The predicted octanol–water partition coefficient (Wildman–Crippen LogP) is 2.99. The zero-order valence-electron chi connectivity index (χ0n) is 11.1. The molecule has 0 saturated carbocycles. The van der Waals surface area contributed by atoms with E-state index in [2.05, 4.69) is 58.4 Å². The molecule has 0 amide bonds. The molecule has 0 aromatic heterocycles. The molecule has 0 aliphatic carbocycles. The fourth-order valence-electron chi connectivity index (χ4n) is 2.53. The first kappa shape index (κ1) is 11.9. The lowest BCUT2D eigenvalue weighted by Crippen LogP contribution is -2.35. The van der Waals surface area contributed by atoms with Crippen LogP contribution in [0.3, 0.4) is 0 Å². The van der Waals surface area contributed by atoms with Crippen LogP contribution in [0, 0.1) is 13.8 Å². The minimum Gasteiger partial charge on any atom is -0.0912 e. The van der Waals surface area contributed by atoms with E-state index >= 15 is 0 Å². The van der Waals surface area contributed by atoms with Gasteiger partial charge in [-0.05, 0) is 43.5 Å². The molecule has 3 rings (SSSR count). The van der Waals surface area contributed by atoms with E-state index in [0.717, 1.165) is 6.42 Å². The van der Waals surface area contributed by atoms with Crippen LogP contribution in [0.5, 0.6) is 0 Å². The van der Waals surface area contributed by atoms with Gasteiger partial charge in [0.1, 0.15) is 0 Å². The molecule has 2 aromatic rings. The van der Waals surface area contributed by atoms with Gasteiger partial charge >= 0.3 is 0 Å². The van der Waals surface area contributed by atoms with Gasteiger partial charge in [-0.3, -0.25) is 0 Å². The molecule has 0 fully saturated rings. The third-order valence-corrected chi connectivity index (χ3v) is 4.80. The van der Waals surface area contributed by atoms with Crippen LogP contribution in [0.2, 0.25) is 0 Å². The largest absolute Gasteiger partial charge is 0.194 e. The minimum atomic E-state index is 1.11. The van der Waals surface area contributed by atoms with Gasteiger partial charge in [0.05, 0.1) is 0 Å². The summed E-state index contributed by atoms with van der Waals surface area (Å²) in [4.78, 5) is 2.77. The number of hydrogen-bond donors (Lipinski definition) is 0. The van der Waals surface area contributed by atoms with Gasteiger partial charge in [-0.25, -0.2) is 0 Å². The van der Waals surface area contributed by atoms with Crippen LogP contribution in [0.15, 0.2) is 40.1 Å². The smallest absolute Gasteiger partial charge is 0.0912 e. The van der Waals surface area contributed by atoms with E-state index in [9.17, 15) is 0 Å². The second-order valence-electron chi connectivity index (χ2n) is 4.90. The SMILES string of the molecule is CCc1cc2c(cc1C)Sc1cccc(C)c1[B]2. The molecular formula is C16H16BS. The molecule has 0 atom stereocenters. The van der Waals surface area contributed by atoms with Crippen molar-refractivity contribution in [3.05, 3.63) is 47.0 Å². The summed E-state index contributed by atoms with van der Waals surface area (Å²) in [5.41, 5.74) is 7.00. The highest BCUT2D eigenvalue weighted by Gasteiger charge is 2.19. The number of hydrogen-bond acceptors (Lipinski definition) is 1. The van der Waals surface area contributed by atoms with E-state index in [1.807, 2.05) is 11.8 Å². The normalized spacial score (nSPS) is 12.6. The molecule has 0 saturated heterocycles. The summed E-state index contributed by atoms with van der Waals surface area (Å²) < 4.78 is 0.